The highest BCUT2D eigenvalue weighted by Gasteiger charge is 2.31. The van der Waals surface area contributed by atoms with Gasteiger partial charge in [-0.15, -0.1) is 0 Å². The molecule has 0 spiro atoms. The van der Waals surface area contributed by atoms with Gasteiger partial charge in [0.2, 0.25) is 10.0 Å². The predicted molar refractivity (Wildman–Crippen MR) is 52.8 cm³/mol. The molecule has 1 fully saturated rings. The molecule has 0 atom stereocenters. The summed E-state index contributed by atoms with van der Waals surface area (Å²) in [6.45, 7) is 1.00. The van der Waals surface area contributed by atoms with Crippen molar-refractivity contribution in [2.24, 2.45) is 0 Å². The lowest BCUT2D eigenvalue weighted by Crippen LogP contribution is -2.46. The second-order valence-electron chi connectivity index (χ2n) is 3.24. The first-order valence-electron chi connectivity index (χ1n) is 4.26. The highest BCUT2D eigenvalue weighted by molar-refractivity contribution is 7.90. The van der Waals surface area contributed by atoms with Crippen LogP contribution in [-0.2, 0) is 16.6 Å². The molecule has 0 unspecified atom stereocenters. The molecule has 1 aromatic rings. The number of nitrogens with two attached hydrogens (primary N) is 1. The van der Waals surface area contributed by atoms with Crippen molar-refractivity contribution in [3.8, 4) is 0 Å². The van der Waals surface area contributed by atoms with E-state index in [0.29, 0.717) is 18.9 Å². The van der Waals surface area contributed by atoms with Crippen LogP contribution in [0.1, 0.15) is 5.56 Å². The SMILES string of the molecule is Nc1ccc(CN2CCS2(=O)=O)cn1. The molecular weight excluding hydrogens is 202 g/mol. The van der Waals surface area contributed by atoms with Gasteiger partial charge in [0, 0.05) is 19.3 Å². The lowest BCUT2D eigenvalue weighted by Gasteiger charge is -2.29. The Bertz CT molecular complexity index is 426. The molecule has 5 nitrogen and oxygen atoms in total. The lowest BCUT2D eigenvalue weighted by molar-refractivity contribution is 0.379. The van der Waals surface area contributed by atoms with Crippen LogP contribution in [-0.4, -0.2) is 30.0 Å². The second kappa shape index (κ2) is 3.21. The average Bonchev–Trinajstić information content (AvgIpc) is 2.15. The Kier molecular flexibility index (Phi) is 2.16. The van der Waals surface area contributed by atoms with E-state index in [4.69, 9.17) is 5.73 Å². The number of anilines is 1. The lowest BCUT2D eigenvalue weighted by atomic mass is 10.3. The summed E-state index contributed by atoms with van der Waals surface area (Å²) in [5, 5.41) is 0. The first-order chi connectivity index (χ1) is 6.58. The Morgan fingerprint density at radius 1 is 1.50 bits per heavy atom. The quantitative estimate of drug-likeness (QED) is 0.738. The van der Waals surface area contributed by atoms with Crippen LogP contribution in [0.25, 0.3) is 0 Å². The first-order valence-corrected chi connectivity index (χ1v) is 5.87. The summed E-state index contributed by atoms with van der Waals surface area (Å²) in [5.74, 6) is 0.704. The molecule has 0 amide bonds. The van der Waals surface area contributed by atoms with Crippen molar-refractivity contribution in [2.75, 3.05) is 18.0 Å². The maximum absolute atomic E-state index is 11.2. The van der Waals surface area contributed by atoms with Crippen LogP contribution in [0.4, 0.5) is 5.82 Å². The Morgan fingerprint density at radius 3 is 2.71 bits per heavy atom. The van der Waals surface area contributed by atoms with Gasteiger partial charge in [-0.05, 0) is 11.6 Å². The van der Waals surface area contributed by atoms with Gasteiger partial charge in [0.25, 0.3) is 0 Å². The summed E-state index contributed by atoms with van der Waals surface area (Å²) < 4.78 is 23.8. The number of pyridine rings is 1. The standard InChI is InChI=1S/C8H11N3O2S/c9-8-2-1-7(5-10-8)6-11-3-4-14(11,12)13/h1-2,5H,3-4,6H2,(H2,9,10). The summed E-state index contributed by atoms with van der Waals surface area (Å²) in [6, 6.07) is 3.46. The maximum Gasteiger partial charge on any atom is 0.215 e. The van der Waals surface area contributed by atoms with Gasteiger partial charge in [0.15, 0.2) is 0 Å². The molecule has 1 aliphatic rings. The van der Waals surface area contributed by atoms with E-state index in [1.165, 1.54) is 4.31 Å². The molecule has 0 aromatic carbocycles. The summed E-state index contributed by atoms with van der Waals surface area (Å²) in [4.78, 5) is 3.89. The topological polar surface area (TPSA) is 76.3 Å². The van der Waals surface area contributed by atoms with Crippen molar-refractivity contribution in [3.05, 3.63) is 23.9 Å². The minimum Gasteiger partial charge on any atom is -0.384 e. The van der Waals surface area contributed by atoms with E-state index < -0.39 is 10.0 Å². The van der Waals surface area contributed by atoms with Crippen molar-refractivity contribution in [2.45, 2.75) is 6.54 Å². The van der Waals surface area contributed by atoms with Crippen LogP contribution in [0.15, 0.2) is 18.3 Å². The van der Waals surface area contributed by atoms with Gasteiger partial charge in [-0.1, -0.05) is 6.07 Å². The molecule has 2 N–H and O–H groups in total. The van der Waals surface area contributed by atoms with E-state index >= 15 is 0 Å². The van der Waals surface area contributed by atoms with Crippen molar-refractivity contribution in [3.63, 3.8) is 0 Å². The van der Waals surface area contributed by atoms with Crippen molar-refractivity contribution in [1.29, 1.82) is 0 Å². The smallest absolute Gasteiger partial charge is 0.215 e. The monoisotopic (exact) mass is 213 g/mol. The second-order valence-corrected chi connectivity index (χ2v) is 5.33. The molecule has 76 valence electrons. The average molecular weight is 213 g/mol. The first kappa shape index (κ1) is 9.42. The summed E-state index contributed by atoms with van der Waals surface area (Å²) in [5.41, 5.74) is 6.28. The number of nitrogen functional groups attached to an aromatic ring is 1. The van der Waals surface area contributed by atoms with E-state index in [1.54, 1.807) is 18.3 Å². The molecule has 2 rings (SSSR count). The fraction of sp³-hybridized carbons (Fsp3) is 0.375. The largest absolute Gasteiger partial charge is 0.384 e. The number of sulfonamides is 1. The summed E-state index contributed by atoms with van der Waals surface area (Å²) in [6.07, 6.45) is 1.60. The maximum atomic E-state index is 11.2. The van der Waals surface area contributed by atoms with E-state index in [0.717, 1.165) is 5.56 Å². The number of rotatable bonds is 2. The zero-order chi connectivity index (χ0) is 10.2. The van der Waals surface area contributed by atoms with E-state index in [-0.39, 0.29) is 5.75 Å². The minimum absolute atomic E-state index is 0.259. The molecule has 2 heterocycles. The normalized spacial score (nSPS) is 20.3. The number of aromatic nitrogens is 1. The minimum atomic E-state index is -2.96. The van der Waals surface area contributed by atoms with Gasteiger partial charge in [-0.3, -0.25) is 0 Å². The van der Waals surface area contributed by atoms with Crippen LogP contribution in [0, 0.1) is 0 Å². The Balaban J connectivity index is 2.09. The third-order valence-corrected chi connectivity index (χ3v) is 4.00. The van der Waals surface area contributed by atoms with Crippen molar-refractivity contribution in [1.82, 2.24) is 9.29 Å². The van der Waals surface area contributed by atoms with Gasteiger partial charge in [0.1, 0.15) is 5.82 Å². The Labute approximate surface area is 82.6 Å². The van der Waals surface area contributed by atoms with Crippen LogP contribution >= 0.6 is 0 Å². The molecular formula is C8H11N3O2S. The Hall–Kier alpha value is -1.14. The predicted octanol–water partition coefficient (Wildman–Crippen LogP) is -0.191. The van der Waals surface area contributed by atoms with E-state index in [1.807, 2.05) is 0 Å². The third kappa shape index (κ3) is 1.71. The van der Waals surface area contributed by atoms with Gasteiger partial charge >= 0.3 is 0 Å². The van der Waals surface area contributed by atoms with Crippen molar-refractivity contribution < 1.29 is 8.42 Å². The van der Waals surface area contributed by atoms with E-state index in [9.17, 15) is 8.42 Å². The molecule has 0 radical (unpaired) electrons. The van der Waals surface area contributed by atoms with Crippen LogP contribution < -0.4 is 5.73 Å². The zero-order valence-corrected chi connectivity index (χ0v) is 8.37. The molecule has 0 bridgehead atoms. The highest BCUT2D eigenvalue weighted by Crippen LogP contribution is 2.16. The van der Waals surface area contributed by atoms with Gasteiger partial charge in [-0.2, -0.15) is 4.31 Å². The van der Waals surface area contributed by atoms with Gasteiger partial charge in [-0.25, -0.2) is 13.4 Å². The molecule has 1 aliphatic heterocycles. The highest BCUT2D eigenvalue weighted by atomic mass is 32.2. The molecule has 1 saturated heterocycles. The fourth-order valence-electron chi connectivity index (χ4n) is 1.28. The summed E-state index contributed by atoms with van der Waals surface area (Å²) >= 11 is 0. The molecule has 6 heteroatoms. The molecule has 0 aliphatic carbocycles. The Morgan fingerprint density at radius 2 is 2.29 bits per heavy atom. The van der Waals surface area contributed by atoms with Crippen LogP contribution in [0.3, 0.4) is 0 Å². The van der Waals surface area contributed by atoms with Gasteiger partial charge < -0.3 is 5.73 Å². The zero-order valence-electron chi connectivity index (χ0n) is 7.55. The molecule has 0 saturated carbocycles. The van der Waals surface area contributed by atoms with Crippen molar-refractivity contribution >= 4 is 15.8 Å². The fourth-order valence-corrected chi connectivity index (χ4v) is 2.36. The third-order valence-electron chi connectivity index (χ3n) is 2.20. The molecule has 1 aromatic heterocycles. The number of hydrogen-bond donors (Lipinski definition) is 1. The number of nitrogens with zero attached hydrogens (tertiary/aromatic N) is 2. The van der Waals surface area contributed by atoms with E-state index in [2.05, 4.69) is 4.98 Å². The van der Waals surface area contributed by atoms with Gasteiger partial charge in [0.05, 0.1) is 5.75 Å². The molecule has 14 heavy (non-hydrogen) atoms. The number of hydrogen-bond acceptors (Lipinski definition) is 4. The van der Waals surface area contributed by atoms with Crippen LogP contribution in [0.2, 0.25) is 0 Å². The summed E-state index contributed by atoms with van der Waals surface area (Å²) in [7, 11) is -2.96. The van der Waals surface area contributed by atoms with Crippen LogP contribution in [0.5, 0.6) is 0 Å².